The molecule has 0 bridgehead atoms. The van der Waals surface area contributed by atoms with E-state index in [4.69, 9.17) is 4.42 Å². The van der Waals surface area contributed by atoms with E-state index in [2.05, 4.69) is 0 Å². The Labute approximate surface area is 144 Å². The number of sulfonamides is 1. The van der Waals surface area contributed by atoms with E-state index < -0.39 is 42.5 Å². The molecular formula is C15H15F2NO5S2. The summed E-state index contributed by atoms with van der Waals surface area (Å²) in [5.74, 6) is -2.34. The first-order valence-electron chi connectivity index (χ1n) is 7.32. The van der Waals surface area contributed by atoms with Crippen molar-refractivity contribution < 1.29 is 30.0 Å². The molecular weight excluding hydrogens is 376 g/mol. The zero-order chi connectivity index (χ0) is 18.2. The van der Waals surface area contributed by atoms with E-state index in [-0.39, 0.29) is 30.2 Å². The van der Waals surface area contributed by atoms with Crippen LogP contribution in [0.15, 0.2) is 41.0 Å². The van der Waals surface area contributed by atoms with Crippen LogP contribution in [-0.2, 0) is 31.4 Å². The largest absolute Gasteiger partial charge is 0.468 e. The standard InChI is InChI=1S/C15H15F2NO5S2/c16-12-4-11(5-13(17)6-12)9-25(21,22)18-7-15(8-18)24(19,20)10-14-2-1-3-23-14/h1-6,15H,7-10H2. The molecule has 10 heteroatoms. The SMILES string of the molecule is O=S(=O)(Cc1ccco1)C1CN(S(=O)(=O)Cc2cc(F)cc(F)c2)C1. The van der Waals surface area contributed by atoms with Crippen molar-refractivity contribution in [3.05, 3.63) is 59.6 Å². The van der Waals surface area contributed by atoms with Crippen molar-refractivity contribution in [1.82, 2.24) is 4.31 Å². The van der Waals surface area contributed by atoms with Crippen molar-refractivity contribution in [3.63, 3.8) is 0 Å². The Kier molecular flexibility index (Phi) is 4.69. The Bertz CT molecular complexity index is 945. The minimum atomic E-state index is -3.85. The number of benzene rings is 1. The van der Waals surface area contributed by atoms with Crippen molar-refractivity contribution in [2.45, 2.75) is 16.8 Å². The monoisotopic (exact) mass is 391 g/mol. The maximum absolute atomic E-state index is 13.2. The van der Waals surface area contributed by atoms with E-state index in [0.717, 1.165) is 16.4 Å². The third-order valence-corrected chi connectivity index (χ3v) is 7.69. The number of halogens is 2. The second-order valence-corrected chi connectivity index (χ2v) is 10.1. The summed E-state index contributed by atoms with van der Waals surface area (Å²) in [4.78, 5) is 0. The van der Waals surface area contributed by atoms with E-state index >= 15 is 0 Å². The second-order valence-electron chi connectivity index (χ2n) is 5.86. The molecule has 3 rings (SSSR count). The van der Waals surface area contributed by atoms with Gasteiger partial charge in [0.2, 0.25) is 10.0 Å². The summed E-state index contributed by atoms with van der Waals surface area (Å²) < 4.78 is 81.3. The van der Waals surface area contributed by atoms with Gasteiger partial charge in [0.05, 0.1) is 17.3 Å². The topological polar surface area (TPSA) is 84.7 Å². The number of nitrogens with zero attached hydrogens (tertiary/aromatic N) is 1. The van der Waals surface area contributed by atoms with E-state index in [9.17, 15) is 25.6 Å². The van der Waals surface area contributed by atoms with Crippen molar-refractivity contribution in [3.8, 4) is 0 Å². The van der Waals surface area contributed by atoms with E-state index in [1.165, 1.54) is 12.3 Å². The van der Waals surface area contributed by atoms with Crippen LogP contribution >= 0.6 is 0 Å². The van der Waals surface area contributed by atoms with Crippen LogP contribution in [0.2, 0.25) is 0 Å². The quantitative estimate of drug-likeness (QED) is 0.748. The zero-order valence-electron chi connectivity index (χ0n) is 12.9. The Balaban J connectivity index is 1.64. The zero-order valence-corrected chi connectivity index (χ0v) is 14.6. The van der Waals surface area contributed by atoms with Gasteiger partial charge in [0, 0.05) is 19.2 Å². The fourth-order valence-corrected chi connectivity index (χ4v) is 5.95. The average Bonchev–Trinajstić information content (AvgIpc) is 2.85. The molecule has 0 atom stereocenters. The lowest BCUT2D eigenvalue weighted by Crippen LogP contribution is -2.57. The summed E-state index contributed by atoms with van der Waals surface area (Å²) in [6.07, 6.45) is 1.36. The molecule has 6 nitrogen and oxygen atoms in total. The molecule has 1 aliphatic rings. The number of furan rings is 1. The lowest BCUT2D eigenvalue weighted by molar-refractivity contribution is 0.308. The van der Waals surface area contributed by atoms with Crippen molar-refractivity contribution in [2.75, 3.05) is 13.1 Å². The molecule has 0 saturated carbocycles. The molecule has 1 saturated heterocycles. The van der Waals surface area contributed by atoms with Gasteiger partial charge in [-0.2, -0.15) is 4.31 Å². The Hall–Kier alpha value is -1.78. The third kappa shape index (κ3) is 4.07. The lowest BCUT2D eigenvalue weighted by atomic mass is 10.2. The molecule has 0 N–H and O–H groups in total. The lowest BCUT2D eigenvalue weighted by Gasteiger charge is -2.37. The fraction of sp³-hybridized carbons (Fsp3) is 0.333. The molecule has 136 valence electrons. The van der Waals surface area contributed by atoms with Gasteiger partial charge < -0.3 is 4.42 Å². The van der Waals surface area contributed by atoms with Gasteiger partial charge >= 0.3 is 0 Å². The molecule has 1 aliphatic heterocycles. The third-order valence-electron chi connectivity index (χ3n) is 3.91. The molecule has 0 radical (unpaired) electrons. The summed E-state index contributed by atoms with van der Waals surface area (Å²) >= 11 is 0. The van der Waals surface area contributed by atoms with Crippen LogP contribution in [0, 0.1) is 11.6 Å². The summed E-state index contributed by atoms with van der Waals surface area (Å²) in [6, 6.07) is 5.62. The van der Waals surface area contributed by atoms with Gasteiger partial charge in [0.1, 0.15) is 23.1 Å². The molecule has 0 spiro atoms. The van der Waals surface area contributed by atoms with Crippen LogP contribution in [0.3, 0.4) is 0 Å². The molecule has 0 amide bonds. The predicted octanol–water partition coefficient (Wildman–Crippen LogP) is 1.69. The summed E-state index contributed by atoms with van der Waals surface area (Å²) in [7, 11) is -7.40. The maximum atomic E-state index is 13.2. The number of hydrogen-bond acceptors (Lipinski definition) is 5. The van der Waals surface area contributed by atoms with Gasteiger partial charge in [0.25, 0.3) is 0 Å². The van der Waals surface area contributed by atoms with Crippen molar-refractivity contribution >= 4 is 19.9 Å². The Morgan fingerprint density at radius 3 is 2.24 bits per heavy atom. The highest BCUT2D eigenvalue weighted by Crippen LogP contribution is 2.25. The van der Waals surface area contributed by atoms with Gasteiger partial charge in [-0.3, -0.25) is 0 Å². The predicted molar refractivity (Wildman–Crippen MR) is 85.7 cm³/mol. The highest BCUT2D eigenvalue weighted by molar-refractivity contribution is 7.92. The fourth-order valence-electron chi connectivity index (χ4n) is 2.56. The molecule has 0 aliphatic carbocycles. The van der Waals surface area contributed by atoms with Crippen LogP contribution in [0.4, 0.5) is 8.78 Å². The summed E-state index contributed by atoms with van der Waals surface area (Å²) in [6.45, 7) is -0.355. The van der Waals surface area contributed by atoms with Crippen LogP contribution in [0.5, 0.6) is 0 Å². The first-order chi connectivity index (χ1) is 11.7. The van der Waals surface area contributed by atoms with Gasteiger partial charge in [-0.1, -0.05) is 0 Å². The van der Waals surface area contributed by atoms with Gasteiger partial charge in [-0.15, -0.1) is 0 Å². The molecule has 1 fully saturated rings. The average molecular weight is 391 g/mol. The van der Waals surface area contributed by atoms with E-state index in [1.807, 2.05) is 0 Å². The minimum Gasteiger partial charge on any atom is -0.468 e. The number of rotatable bonds is 6. The highest BCUT2D eigenvalue weighted by atomic mass is 32.2. The molecule has 0 unspecified atom stereocenters. The van der Waals surface area contributed by atoms with Gasteiger partial charge in [-0.25, -0.2) is 25.6 Å². The normalized spacial score (nSPS) is 16.7. The second kappa shape index (κ2) is 6.50. The molecule has 2 heterocycles. The Morgan fingerprint density at radius 2 is 1.68 bits per heavy atom. The van der Waals surface area contributed by atoms with Crippen LogP contribution in [0.1, 0.15) is 11.3 Å². The number of hydrogen-bond donors (Lipinski definition) is 0. The van der Waals surface area contributed by atoms with Gasteiger partial charge in [0.15, 0.2) is 9.84 Å². The smallest absolute Gasteiger partial charge is 0.218 e. The van der Waals surface area contributed by atoms with E-state index in [0.29, 0.717) is 6.07 Å². The first kappa shape index (κ1) is 18.0. The van der Waals surface area contributed by atoms with Crippen LogP contribution in [-0.4, -0.2) is 39.5 Å². The molecule has 2 aromatic rings. The Morgan fingerprint density at radius 1 is 1.04 bits per heavy atom. The first-order valence-corrected chi connectivity index (χ1v) is 10.6. The molecule has 25 heavy (non-hydrogen) atoms. The van der Waals surface area contributed by atoms with Crippen LogP contribution < -0.4 is 0 Å². The van der Waals surface area contributed by atoms with Crippen molar-refractivity contribution in [2.24, 2.45) is 0 Å². The summed E-state index contributed by atoms with van der Waals surface area (Å²) in [5.41, 5.74) is -0.0283. The minimum absolute atomic E-state index is 0.0283. The van der Waals surface area contributed by atoms with Crippen LogP contribution in [0.25, 0.3) is 0 Å². The maximum Gasteiger partial charge on any atom is 0.218 e. The molecule has 1 aromatic heterocycles. The van der Waals surface area contributed by atoms with E-state index in [1.54, 1.807) is 6.07 Å². The van der Waals surface area contributed by atoms with Crippen molar-refractivity contribution in [1.29, 1.82) is 0 Å². The molecule has 1 aromatic carbocycles. The summed E-state index contributed by atoms with van der Waals surface area (Å²) in [5, 5.41) is -0.823. The number of sulfone groups is 1. The van der Waals surface area contributed by atoms with Gasteiger partial charge in [-0.05, 0) is 29.8 Å². The highest BCUT2D eigenvalue weighted by Gasteiger charge is 2.43.